The molecule has 0 atom stereocenters. The largest absolute Gasteiger partial charge is 0.495 e. The van der Waals surface area contributed by atoms with Gasteiger partial charge in [0.05, 0.1) is 17.7 Å². The maximum Gasteiger partial charge on any atom is 0.319 e. The van der Waals surface area contributed by atoms with Gasteiger partial charge in [-0.05, 0) is 49.4 Å². The summed E-state index contributed by atoms with van der Waals surface area (Å²) in [6, 6.07) is 15.5. The Kier molecular flexibility index (Phi) is 7.11. The Morgan fingerprint density at radius 1 is 1.07 bits per heavy atom. The number of anilines is 1. The molecule has 0 radical (unpaired) electrons. The minimum atomic E-state index is -3.42. The number of nitrogens with zero attached hydrogens (tertiary/aromatic N) is 1. The van der Waals surface area contributed by atoms with Crippen molar-refractivity contribution in [1.29, 1.82) is 0 Å². The lowest BCUT2D eigenvalue weighted by Gasteiger charge is -2.31. The van der Waals surface area contributed by atoms with Crippen molar-refractivity contribution in [2.75, 3.05) is 32.1 Å². The van der Waals surface area contributed by atoms with Gasteiger partial charge in [0.1, 0.15) is 5.75 Å². The van der Waals surface area contributed by atoms with Crippen LogP contribution in [0.15, 0.2) is 59.5 Å². The Balaban J connectivity index is 1.42. The van der Waals surface area contributed by atoms with Crippen molar-refractivity contribution >= 4 is 21.7 Å². The van der Waals surface area contributed by atoms with Crippen LogP contribution in [0.5, 0.6) is 5.75 Å². The fourth-order valence-electron chi connectivity index (χ4n) is 3.48. The molecule has 156 valence electrons. The van der Waals surface area contributed by atoms with Crippen LogP contribution in [-0.2, 0) is 10.0 Å². The quantitative estimate of drug-likeness (QED) is 0.724. The standard InChI is InChI=1S/C21H27N3O4S/c1-28-20-10-6-5-9-19(20)23-21(25)22-14-11-17-12-15-24(16-13-17)29(26,27)18-7-3-2-4-8-18/h2-10,17H,11-16H2,1H3,(H2,22,23,25). The van der Waals surface area contributed by atoms with Crippen molar-refractivity contribution in [3.8, 4) is 5.75 Å². The van der Waals surface area contributed by atoms with Crippen molar-refractivity contribution in [2.24, 2.45) is 5.92 Å². The molecular weight excluding hydrogens is 390 g/mol. The van der Waals surface area contributed by atoms with Crippen LogP contribution >= 0.6 is 0 Å². The average Bonchev–Trinajstić information content (AvgIpc) is 2.75. The van der Waals surface area contributed by atoms with Crippen molar-refractivity contribution in [3.05, 3.63) is 54.6 Å². The predicted molar refractivity (Wildman–Crippen MR) is 113 cm³/mol. The van der Waals surface area contributed by atoms with Gasteiger partial charge in [-0.3, -0.25) is 0 Å². The molecular formula is C21H27N3O4S. The van der Waals surface area contributed by atoms with Crippen LogP contribution in [0, 0.1) is 5.92 Å². The van der Waals surface area contributed by atoms with E-state index in [1.165, 1.54) is 0 Å². The number of sulfonamides is 1. The van der Waals surface area contributed by atoms with Crippen LogP contribution < -0.4 is 15.4 Å². The number of hydrogen-bond acceptors (Lipinski definition) is 4. The first-order chi connectivity index (χ1) is 14.0. The summed E-state index contributed by atoms with van der Waals surface area (Å²) in [5, 5.41) is 5.64. The Morgan fingerprint density at radius 3 is 2.41 bits per heavy atom. The highest BCUT2D eigenvalue weighted by Gasteiger charge is 2.29. The first kappa shape index (κ1) is 21.1. The molecule has 0 spiro atoms. The van der Waals surface area contributed by atoms with Gasteiger partial charge in [-0.2, -0.15) is 4.31 Å². The molecule has 29 heavy (non-hydrogen) atoms. The fraction of sp³-hybridized carbons (Fsp3) is 0.381. The first-order valence-electron chi connectivity index (χ1n) is 9.74. The Hall–Kier alpha value is -2.58. The van der Waals surface area contributed by atoms with Gasteiger partial charge in [0, 0.05) is 19.6 Å². The van der Waals surface area contributed by atoms with E-state index >= 15 is 0 Å². The van der Waals surface area contributed by atoms with Crippen molar-refractivity contribution < 1.29 is 17.9 Å². The molecule has 0 aliphatic carbocycles. The van der Waals surface area contributed by atoms with Crippen LogP contribution in [0.4, 0.5) is 10.5 Å². The molecule has 2 amide bonds. The fourth-order valence-corrected chi connectivity index (χ4v) is 4.97. The molecule has 1 heterocycles. The van der Waals surface area contributed by atoms with E-state index in [0.717, 1.165) is 19.3 Å². The molecule has 1 aliphatic heterocycles. The van der Waals surface area contributed by atoms with E-state index in [2.05, 4.69) is 10.6 Å². The zero-order chi connectivity index (χ0) is 20.7. The van der Waals surface area contributed by atoms with Gasteiger partial charge in [-0.15, -0.1) is 0 Å². The summed E-state index contributed by atoms with van der Waals surface area (Å²) in [6.45, 7) is 1.56. The molecule has 2 N–H and O–H groups in total. The van der Waals surface area contributed by atoms with E-state index in [9.17, 15) is 13.2 Å². The second kappa shape index (κ2) is 9.76. The lowest BCUT2D eigenvalue weighted by molar-refractivity contribution is 0.245. The summed E-state index contributed by atoms with van der Waals surface area (Å²) in [7, 11) is -1.86. The van der Waals surface area contributed by atoms with E-state index in [1.807, 2.05) is 18.2 Å². The monoisotopic (exact) mass is 417 g/mol. The van der Waals surface area contributed by atoms with E-state index < -0.39 is 10.0 Å². The molecule has 0 unspecified atom stereocenters. The lowest BCUT2D eigenvalue weighted by Crippen LogP contribution is -2.39. The molecule has 0 saturated carbocycles. The topological polar surface area (TPSA) is 87.7 Å². The van der Waals surface area contributed by atoms with Crippen LogP contribution in [0.25, 0.3) is 0 Å². The van der Waals surface area contributed by atoms with Crippen LogP contribution in [0.2, 0.25) is 0 Å². The van der Waals surface area contributed by atoms with Gasteiger partial charge in [0.25, 0.3) is 0 Å². The zero-order valence-corrected chi connectivity index (χ0v) is 17.3. The number of ether oxygens (including phenoxy) is 1. The van der Waals surface area contributed by atoms with E-state index in [4.69, 9.17) is 4.74 Å². The number of para-hydroxylation sites is 2. The summed E-state index contributed by atoms with van der Waals surface area (Å²) >= 11 is 0. The van der Waals surface area contributed by atoms with Gasteiger partial charge in [0.15, 0.2) is 0 Å². The molecule has 1 saturated heterocycles. The Bertz CT molecular complexity index is 911. The molecule has 7 nitrogen and oxygen atoms in total. The third-order valence-electron chi connectivity index (χ3n) is 5.15. The highest BCUT2D eigenvalue weighted by Crippen LogP contribution is 2.25. The maximum atomic E-state index is 12.7. The van der Waals surface area contributed by atoms with Crippen molar-refractivity contribution in [1.82, 2.24) is 9.62 Å². The minimum Gasteiger partial charge on any atom is -0.495 e. The number of methoxy groups -OCH3 is 1. The molecule has 8 heteroatoms. The third-order valence-corrected chi connectivity index (χ3v) is 7.06. The number of carbonyl (C=O) groups excluding carboxylic acids is 1. The summed E-state index contributed by atoms with van der Waals surface area (Å²) in [5.41, 5.74) is 0.618. The number of carbonyl (C=O) groups is 1. The normalized spacial score (nSPS) is 15.6. The second-order valence-electron chi connectivity index (χ2n) is 7.03. The van der Waals surface area contributed by atoms with Crippen molar-refractivity contribution in [2.45, 2.75) is 24.2 Å². The molecule has 2 aromatic carbocycles. The zero-order valence-electron chi connectivity index (χ0n) is 16.5. The Morgan fingerprint density at radius 2 is 1.72 bits per heavy atom. The SMILES string of the molecule is COc1ccccc1NC(=O)NCCC1CCN(S(=O)(=O)c2ccccc2)CC1. The number of amides is 2. The number of piperidine rings is 1. The molecule has 3 rings (SSSR count). The highest BCUT2D eigenvalue weighted by molar-refractivity contribution is 7.89. The molecule has 1 fully saturated rings. The van der Waals surface area contributed by atoms with Gasteiger partial charge in [-0.1, -0.05) is 30.3 Å². The van der Waals surface area contributed by atoms with Gasteiger partial charge >= 0.3 is 6.03 Å². The van der Waals surface area contributed by atoms with Crippen LogP contribution in [0.3, 0.4) is 0 Å². The lowest BCUT2D eigenvalue weighted by atomic mass is 9.95. The first-order valence-corrected chi connectivity index (χ1v) is 11.2. The smallest absolute Gasteiger partial charge is 0.319 e. The second-order valence-corrected chi connectivity index (χ2v) is 8.97. The molecule has 0 bridgehead atoms. The van der Waals surface area contributed by atoms with Gasteiger partial charge in [0.2, 0.25) is 10.0 Å². The van der Waals surface area contributed by atoms with Crippen LogP contribution in [-0.4, -0.2) is 45.5 Å². The number of urea groups is 1. The number of benzene rings is 2. The van der Waals surface area contributed by atoms with Crippen molar-refractivity contribution in [3.63, 3.8) is 0 Å². The number of hydrogen-bond donors (Lipinski definition) is 2. The number of rotatable bonds is 7. The summed E-state index contributed by atoms with van der Waals surface area (Å²) in [5.74, 6) is 0.999. The van der Waals surface area contributed by atoms with E-state index in [0.29, 0.717) is 41.9 Å². The molecule has 2 aromatic rings. The average molecular weight is 418 g/mol. The van der Waals surface area contributed by atoms with E-state index in [1.54, 1.807) is 47.8 Å². The predicted octanol–water partition coefficient (Wildman–Crippen LogP) is 3.31. The third kappa shape index (κ3) is 5.48. The summed E-state index contributed by atoms with van der Waals surface area (Å²) in [4.78, 5) is 12.4. The Labute approximate surface area is 172 Å². The van der Waals surface area contributed by atoms with Crippen LogP contribution in [0.1, 0.15) is 19.3 Å². The number of nitrogens with one attached hydrogen (secondary N) is 2. The minimum absolute atomic E-state index is 0.279. The maximum absolute atomic E-state index is 12.7. The molecule has 0 aromatic heterocycles. The van der Waals surface area contributed by atoms with E-state index in [-0.39, 0.29) is 6.03 Å². The highest BCUT2D eigenvalue weighted by atomic mass is 32.2. The summed E-state index contributed by atoms with van der Waals surface area (Å²) < 4.78 is 32.1. The van der Waals surface area contributed by atoms with Gasteiger partial charge in [-0.25, -0.2) is 13.2 Å². The van der Waals surface area contributed by atoms with Gasteiger partial charge < -0.3 is 15.4 Å². The summed E-state index contributed by atoms with van der Waals surface area (Å²) in [6.07, 6.45) is 2.41. The molecule has 1 aliphatic rings.